The zero-order valence-electron chi connectivity index (χ0n) is 14.7. The number of carboxylic acid groups (broad SMARTS) is 1. The summed E-state index contributed by atoms with van der Waals surface area (Å²) >= 11 is 0. The molecule has 0 spiro atoms. The lowest BCUT2D eigenvalue weighted by Crippen LogP contribution is -2.50. The van der Waals surface area contributed by atoms with Crippen LogP contribution in [0.3, 0.4) is 0 Å². The van der Waals surface area contributed by atoms with Crippen molar-refractivity contribution in [1.29, 1.82) is 0 Å². The van der Waals surface area contributed by atoms with Crippen LogP contribution in [0.25, 0.3) is 10.9 Å². The van der Waals surface area contributed by atoms with Gasteiger partial charge in [-0.25, -0.2) is 13.6 Å². The smallest absolute Gasteiger partial charge is 0.341 e. The average molecular weight is 378 g/mol. The summed E-state index contributed by atoms with van der Waals surface area (Å²) in [4.78, 5) is 28.2. The van der Waals surface area contributed by atoms with E-state index in [1.807, 2.05) is 6.92 Å². The molecule has 1 saturated carbocycles. The number of nitrogens with one attached hydrogen (secondary N) is 2. The number of carboxylic acids is 1. The number of carbonyl (C=O) groups is 1. The molecule has 5 N–H and O–H groups in total. The van der Waals surface area contributed by atoms with Crippen molar-refractivity contribution in [3.8, 4) is 0 Å². The van der Waals surface area contributed by atoms with Gasteiger partial charge in [-0.05, 0) is 19.8 Å². The number of nitrogens with zero attached hydrogens (tertiary/aromatic N) is 1. The Labute approximate surface area is 153 Å². The van der Waals surface area contributed by atoms with Gasteiger partial charge in [-0.3, -0.25) is 4.79 Å². The number of aromatic amines is 1. The van der Waals surface area contributed by atoms with Crippen LogP contribution in [0.4, 0.5) is 14.5 Å². The summed E-state index contributed by atoms with van der Waals surface area (Å²) in [5, 5.41) is 12.1. The molecule has 1 unspecified atom stereocenters. The Morgan fingerprint density at radius 3 is 2.67 bits per heavy atom. The van der Waals surface area contributed by atoms with Gasteiger partial charge in [-0.1, -0.05) is 0 Å². The number of hydrogen-bond acceptors (Lipinski definition) is 5. The van der Waals surface area contributed by atoms with Crippen molar-refractivity contribution in [2.45, 2.75) is 31.3 Å². The van der Waals surface area contributed by atoms with Gasteiger partial charge >= 0.3 is 5.97 Å². The summed E-state index contributed by atoms with van der Waals surface area (Å²) in [7, 11) is 0. The number of aromatic nitrogens is 1. The molecule has 1 aliphatic heterocycles. The van der Waals surface area contributed by atoms with Crippen LogP contribution in [0.5, 0.6) is 0 Å². The Balaban J connectivity index is 2.06. The predicted molar refractivity (Wildman–Crippen MR) is 96.2 cm³/mol. The van der Waals surface area contributed by atoms with E-state index in [-0.39, 0.29) is 28.2 Å². The van der Waals surface area contributed by atoms with Crippen LogP contribution in [0.1, 0.15) is 35.7 Å². The number of fused-ring (bicyclic) bond motifs is 1. The highest BCUT2D eigenvalue weighted by molar-refractivity contribution is 5.95. The van der Waals surface area contributed by atoms with Gasteiger partial charge in [0.1, 0.15) is 11.3 Å². The Hall–Kier alpha value is -2.52. The first-order valence-corrected chi connectivity index (χ1v) is 8.82. The van der Waals surface area contributed by atoms with Crippen LogP contribution in [0.15, 0.2) is 11.0 Å². The quantitative estimate of drug-likeness (QED) is 0.640. The first-order valence-electron chi connectivity index (χ1n) is 8.82. The van der Waals surface area contributed by atoms with Crippen LogP contribution in [-0.2, 0) is 5.54 Å². The van der Waals surface area contributed by atoms with Crippen molar-refractivity contribution in [3.63, 3.8) is 0 Å². The maximum atomic E-state index is 15.5. The second kappa shape index (κ2) is 6.00. The molecule has 9 heteroatoms. The second-order valence-corrected chi connectivity index (χ2v) is 7.40. The first-order chi connectivity index (χ1) is 12.7. The lowest BCUT2D eigenvalue weighted by atomic mass is 9.95. The van der Waals surface area contributed by atoms with Gasteiger partial charge in [0, 0.05) is 43.0 Å². The average Bonchev–Trinajstić information content (AvgIpc) is 3.34. The van der Waals surface area contributed by atoms with Crippen molar-refractivity contribution in [1.82, 2.24) is 10.3 Å². The monoisotopic (exact) mass is 378 g/mol. The third-order valence-corrected chi connectivity index (χ3v) is 5.39. The number of halogens is 2. The topological polar surface area (TPSA) is 111 Å². The molecule has 1 atom stereocenters. The Morgan fingerprint density at radius 2 is 2.07 bits per heavy atom. The van der Waals surface area contributed by atoms with E-state index >= 15 is 8.78 Å². The fraction of sp³-hybridized carbons (Fsp3) is 0.444. The molecule has 1 aliphatic carbocycles. The molecule has 1 aromatic heterocycles. The van der Waals surface area contributed by atoms with Crippen molar-refractivity contribution < 1.29 is 18.7 Å². The maximum absolute atomic E-state index is 15.5. The first kappa shape index (κ1) is 17.9. The van der Waals surface area contributed by atoms with E-state index in [2.05, 4.69) is 10.3 Å². The van der Waals surface area contributed by atoms with Crippen molar-refractivity contribution in [2.24, 2.45) is 5.73 Å². The van der Waals surface area contributed by atoms with Crippen LogP contribution in [0.2, 0.25) is 0 Å². The molecular formula is C18H20F2N4O3. The van der Waals surface area contributed by atoms with Crippen LogP contribution in [0, 0.1) is 11.6 Å². The van der Waals surface area contributed by atoms with Gasteiger partial charge in [-0.15, -0.1) is 0 Å². The van der Waals surface area contributed by atoms with E-state index in [9.17, 15) is 14.7 Å². The Morgan fingerprint density at radius 1 is 1.37 bits per heavy atom. The fourth-order valence-electron chi connectivity index (χ4n) is 3.81. The third-order valence-electron chi connectivity index (χ3n) is 5.39. The second-order valence-electron chi connectivity index (χ2n) is 7.40. The predicted octanol–water partition coefficient (Wildman–Crippen LogP) is 1.25. The van der Waals surface area contributed by atoms with Gasteiger partial charge in [-0.2, -0.15) is 0 Å². The minimum absolute atomic E-state index is 0.0397. The largest absolute Gasteiger partial charge is 0.477 e. The van der Waals surface area contributed by atoms with Gasteiger partial charge in [0.15, 0.2) is 11.6 Å². The number of anilines is 1. The number of pyridine rings is 1. The maximum Gasteiger partial charge on any atom is 0.341 e. The number of rotatable bonds is 3. The Kier molecular flexibility index (Phi) is 3.97. The number of hydrogen-bond donors (Lipinski definition) is 4. The number of piperazine rings is 1. The summed E-state index contributed by atoms with van der Waals surface area (Å²) in [5.74, 6) is -3.24. The molecule has 0 radical (unpaired) electrons. The molecule has 1 saturated heterocycles. The molecule has 0 bridgehead atoms. The fourth-order valence-corrected chi connectivity index (χ4v) is 3.81. The number of benzene rings is 1. The SMILES string of the molecule is CC1CN(c2c(F)c(C3(N)CC3)c3c(=O)c(C(=O)O)c[nH]c3c2F)CCN1. The molecule has 7 nitrogen and oxygen atoms in total. The standard InChI is InChI=1S/C18H20F2N4O3/c1-8-7-24(5-4-22-8)15-12(19)11(18(21)2-3-18)10-14(13(15)20)23-6-9(16(10)25)17(26)27/h6,8,22H,2-5,7,21H2,1H3,(H,23,25)(H,26,27). The van der Waals surface area contributed by atoms with Crippen LogP contribution in [-0.4, -0.2) is 41.7 Å². The molecule has 2 fully saturated rings. The van der Waals surface area contributed by atoms with Gasteiger partial charge in [0.25, 0.3) is 0 Å². The van der Waals surface area contributed by atoms with Crippen molar-refractivity contribution >= 4 is 22.6 Å². The molecule has 2 aliphatic rings. The van der Waals surface area contributed by atoms with E-state index in [4.69, 9.17) is 5.73 Å². The lowest BCUT2D eigenvalue weighted by molar-refractivity contribution is 0.0695. The van der Waals surface area contributed by atoms with E-state index in [1.165, 1.54) is 0 Å². The summed E-state index contributed by atoms with van der Waals surface area (Å²) in [6, 6.07) is 0.0397. The van der Waals surface area contributed by atoms with Gasteiger partial charge in [0.2, 0.25) is 5.43 Å². The highest BCUT2D eigenvalue weighted by Gasteiger charge is 2.46. The molecule has 144 valence electrons. The summed E-state index contributed by atoms with van der Waals surface area (Å²) in [6.45, 7) is 3.28. The molecule has 1 aromatic carbocycles. The van der Waals surface area contributed by atoms with Gasteiger partial charge < -0.3 is 26.0 Å². The van der Waals surface area contributed by atoms with Crippen molar-refractivity contribution in [3.05, 3.63) is 39.2 Å². The van der Waals surface area contributed by atoms with Crippen LogP contribution < -0.4 is 21.4 Å². The normalized spacial score (nSPS) is 21.5. The number of aromatic carboxylic acids is 1. The summed E-state index contributed by atoms with van der Waals surface area (Å²) in [5.41, 5.74) is 3.10. The van der Waals surface area contributed by atoms with E-state index in [1.54, 1.807) is 4.90 Å². The van der Waals surface area contributed by atoms with E-state index in [0.717, 1.165) is 6.20 Å². The molecule has 2 heterocycles. The van der Waals surface area contributed by atoms with E-state index in [0.29, 0.717) is 32.5 Å². The number of nitrogens with two attached hydrogens (primary N) is 1. The molecule has 0 amide bonds. The lowest BCUT2D eigenvalue weighted by Gasteiger charge is -2.35. The highest BCUT2D eigenvalue weighted by Crippen LogP contribution is 2.48. The zero-order valence-corrected chi connectivity index (χ0v) is 14.7. The minimum Gasteiger partial charge on any atom is -0.477 e. The van der Waals surface area contributed by atoms with E-state index < -0.39 is 34.1 Å². The third kappa shape index (κ3) is 2.69. The molecular weight excluding hydrogens is 358 g/mol. The van der Waals surface area contributed by atoms with Crippen molar-refractivity contribution in [2.75, 3.05) is 24.5 Å². The molecule has 27 heavy (non-hydrogen) atoms. The highest BCUT2D eigenvalue weighted by atomic mass is 19.1. The van der Waals surface area contributed by atoms with Gasteiger partial charge in [0.05, 0.1) is 10.9 Å². The number of H-pyrrole nitrogens is 1. The summed E-state index contributed by atoms with van der Waals surface area (Å²) in [6.07, 6.45) is 1.83. The van der Waals surface area contributed by atoms with Crippen LogP contribution >= 0.6 is 0 Å². The zero-order chi connectivity index (χ0) is 19.5. The summed E-state index contributed by atoms with van der Waals surface area (Å²) < 4.78 is 30.8. The minimum atomic E-state index is -1.47. The Bertz CT molecular complexity index is 1020. The molecule has 2 aromatic rings. The molecule has 4 rings (SSSR count).